The van der Waals surface area contributed by atoms with Crippen LogP contribution >= 0.6 is 11.3 Å². The average Bonchev–Trinajstić information content (AvgIpc) is 3.16. The minimum absolute atomic E-state index is 0.0664. The molecule has 0 saturated carbocycles. The van der Waals surface area contributed by atoms with Gasteiger partial charge in [0.2, 0.25) is 0 Å². The molecule has 1 aromatic heterocycles. The summed E-state index contributed by atoms with van der Waals surface area (Å²) >= 11 is 1.73. The number of carbonyl (C=O) groups excluding carboxylic acids is 1. The van der Waals surface area contributed by atoms with Crippen molar-refractivity contribution in [2.24, 2.45) is 5.73 Å². The van der Waals surface area contributed by atoms with Gasteiger partial charge in [0.05, 0.1) is 12.1 Å². The number of hydrogen-bond acceptors (Lipinski definition) is 4. The first-order valence-corrected chi connectivity index (χ1v) is 7.87. The summed E-state index contributed by atoms with van der Waals surface area (Å²) in [6.07, 6.45) is 3.67. The standard InChI is InChI=1S/C14H20N2O2S/c15-9-10-5-6-12(18-10)14(17)16-7-1-3-11(16)13-4-2-8-19-13/h2,4,8,10-12H,1,3,5-7,9,15H2/t10-,11?,12+/m1/s1. The van der Waals surface area contributed by atoms with E-state index in [0.717, 1.165) is 32.2 Å². The second kappa shape index (κ2) is 5.61. The molecule has 4 nitrogen and oxygen atoms in total. The molecular formula is C14H20N2O2S. The van der Waals surface area contributed by atoms with Crippen molar-refractivity contribution in [3.63, 3.8) is 0 Å². The predicted molar refractivity (Wildman–Crippen MR) is 75.0 cm³/mol. The van der Waals surface area contributed by atoms with Gasteiger partial charge in [-0.05, 0) is 37.1 Å². The Morgan fingerprint density at radius 2 is 2.37 bits per heavy atom. The van der Waals surface area contributed by atoms with Crippen LogP contribution in [-0.2, 0) is 9.53 Å². The Morgan fingerprint density at radius 1 is 1.47 bits per heavy atom. The Labute approximate surface area is 117 Å². The van der Waals surface area contributed by atoms with Gasteiger partial charge in [-0.1, -0.05) is 6.07 Å². The fourth-order valence-corrected chi connectivity index (χ4v) is 3.93. The second-order valence-electron chi connectivity index (χ2n) is 5.26. The molecule has 0 aromatic carbocycles. The largest absolute Gasteiger partial charge is 0.364 e. The first-order chi connectivity index (χ1) is 9.29. The Morgan fingerprint density at radius 3 is 3.05 bits per heavy atom. The molecule has 0 aliphatic carbocycles. The number of carbonyl (C=O) groups is 1. The van der Waals surface area contributed by atoms with Crippen LogP contribution < -0.4 is 5.73 Å². The SMILES string of the molecule is NC[C@H]1CC[C@@H](C(=O)N2CCCC2c2cccs2)O1. The molecule has 1 amide bonds. The fourth-order valence-electron chi connectivity index (χ4n) is 3.05. The van der Waals surface area contributed by atoms with Crippen LogP contribution in [0, 0.1) is 0 Å². The van der Waals surface area contributed by atoms with Crippen molar-refractivity contribution in [3.8, 4) is 0 Å². The van der Waals surface area contributed by atoms with Gasteiger partial charge in [0.15, 0.2) is 0 Å². The summed E-state index contributed by atoms with van der Waals surface area (Å²) in [5, 5.41) is 2.08. The van der Waals surface area contributed by atoms with Crippen molar-refractivity contribution in [3.05, 3.63) is 22.4 Å². The van der Waals surface area contributed by atoms with Gasteiger partial charge in [-0.25, -0.2) is 0 Å². The third kappa shape index (κ3) is 2.55. The monoisotopic (exact) mass is 280 g/mol. The number of ether oxygens (including phenoxy) is 1. The van der Waals surface area contributed by atoms with E-state index in [2.05, 4.69) is 17.5 Å². The van der Waals surface area contributed by atoms with Crippen molar-refractivity contribution < 1.29 is 9.53 Å². The van der Waals surface area contributed by atoms with Crippen LogP contribution in [-0.4, -0.2) is 36.1 Å². The number of likely N-dealkylation sites (tertiary alicyclic amines) is 1. The van der Waals surface area contributed by atoms with Crippen LogP contribution in [0.15, 0.2) is 17.5 Å². The number of hydrogen-bond donors (Lipinski definition) is 1. The minimum Gasteiger partial charge on any atom is -0.364 e. The second-order valence-corrected chi connectivity index (χ2v) is 6.24. The molecule has 0 spiro atoms. The normalized spacial score (nSPS) is 31.0. The van der Waals surface area contributed by atoms with E-state index in [4.69, 9.17) is 10.5 Å². The third-order valence-electron chi connectivity index (χ3n) is 4.05. The Kier molecular flexibility index (Phi) is 3.86. The highest BCUT2D eigenvalue weighted by Crippen LogP contribution is 2.36. The van der Waals surface area contributed by atoms with Gasteiger partial charge in [-0.3, -0.25) is 4.79 Å². The van der Waals surface area contributed by atoms with Crippen LogP contribution in [0.4, 0.5) is 0 Å². The lowest BCUT2D eigenvalue weighted by molar-refractivity contribution is -0.143. The van der Waals surface area contributed by atoms with Gasteiger partial charge < -0.3 is 15.4 Å². The van der Waals surface area contributed by atoms with E-state index in [0.29, 0.717) is 6.54 Å². The Balaban J connectivity index is 1.69. The maximum atomic E-state index is 12.6. The molecule has 2 N–H and O–H groups in total. The van der Waals surface area contributed by atoms with Crippen molar-refractivity contribution in [1.82, 2.24) is 4.90 Å². The van der Waals surface area contributed by atoms with Gasteiger partial charge in [0.25, 0.3) is 5.91 Å². The number of thiophene rings is 1. The minimum atomic E-state index is -0.269. The van der Waals surface area contributed by atoms with Crippen LogP contribution in [0.2, 0.25) is 0 Å². The molecule has 3 rings (SSSR count). The molecule has 2 aliphatic rings. The Hall–Kier alpha value is -0.910. The number of rotatable bonds is 3. The number of nitrogens with zero attached hydrogens (tertiary/aromatic N) is 1. The fraction of sp³-hybridized carbons (Fsp3) is 0.643. The molecule has 5 heteroatoms. The highest BCUT2D eigenvalue weighted by atomic mass is 32.1. The topological polar surface area (TPSA) is 55.6 Å². The first-order valence-electron chi connectivity index (χ1n) is 6.99. The summed E-state index contributed by atoms with van der Waals surface area (Å²) < 4.78 is 5.74. The summed E-state index contributed by atoms with van der Waals surface area (Å²) in [5.74, 6) is 0.159. The van der Waals surface area contributed by atoms with Crippen LogP contribution in [0.5, 0.6) is 0 Å². The van der Waals surface area contributed by atoms with E-state index >= 15 is 0 Å². The summed E-state index contributed by atoms with van der Waals surface area (Å²) in [6.45, 7) is 1.37. The maximum absolute atomic E-state index is 12.6. The van der Waals surface area contributed by atoms with E-state index in [1.54, 1.807) is 11.3 Å². The summed E-state index contributed by atoms with van der Waals surface area (Å²) in [4.78, 5) is 15.9. The van der Waals surface area contributed by atoms with Crippen molar-refractivity contribution in [1.29, 1.82) is 0 Å². The zero-order chi connectivity index (χ0) is 13.2. The third-order valence-corrected chi connectivity index (χ3v) is 5.03. The van der Waals surface area contributed by atoms with Crippen molar-refractivity contribution >= 4 is 17.2 Å². The molecule has 19 heavy (non-hydrogen) atoms. The smallest absolute Gasteiger partial charge is 0.252 e. The summed E-state index contributed by atoms with van der Waals surface area (Å²) in [7, 11) is 0. The number of nitrogens with two attached hydrogens (primary N) is 1. The van der Waals surface area contributed by atoms with E-state index in [9.17, 15) is 4.79 Å². The zero-order valence-corrected chi connectivity index (χ0v) is 11.8. The van der Waals surface area contributed by atoms with Gasteiger partial charge >= 0.3 is 0 Å². The molecule has 2 fully saturated rings. The Bertz CT molecular complexity index is 435. The lowest BCUT2D eigenvalue weighted by Gasteiger charge is -2.26. The van der Waals surface area contributed by atoms with E-state index in [-0.39, 0.29) is 24.2 Å². The molecule has 0 radical (unpaired) electrons. The van der Waals surface area contributed by atoms with Crippen molar-refractivity contribution in [2.45, 2.75) is 43.9 Å². The molecule has 3 heterocycles. The van der Waals surface area contributed by atoms with Gasteiger partial charge in [-0.15, -0.1) is 11.3 Å². The highest BCUT2D eigenvalue weighted by molar-refractivity contribution is 7.10. The van der Waals surface area contributed by atoms with Gasteiger partial charge in [-0.2, -0.15) is 0 Å². The van der Waals surface area contributed by atoms with Crippen LogP contribution in [0.1, 0.15) is 36.6 Å². The molecular weight excluding hydrogens is 260 g/mol. The maximum Gasteiger partial charge on any atom is 0.252 e. The average molecular weight is 280 g/mol. The summed E-state index contributed by atoms with van der Waals surface area (Å²) in [6, 6.07) is 4.43. The lowest BCUT2D eigenvalue weighted by Crippen LogP contribution is -2.39. The van der Waals surface area contributed by atoms with E-state index < -0.39 is 0 Å². The van der Waals surface area contributed by atoms with E-state index in [1.807, 2.05) is 4.90 Å². The lowest BCUT2D eigenvalue weighted by atomic mass is 10.1. The highest BCUT2D eigenvalue weighted by Gasteiger charge is 2.38. The van der Waals surface area contributed by atoms with E-state index in [1.165, 1.54) is 4.88 Å². The molecule has 2 saturated heterocycles. The molecule has 0 bridgehead atoms. The van der Waals surface area contributed by atoms with Crippen LogP contribution in [0.25, 0.3) is 0 Å². The van der Waals surface area contributed by atoms with Gasteiger partial charge in [0.1, 0.15) is 6.10 Å². The van der Waals surface area contributed by atoms with Crippen LogP contribution in [0.3, 0.4) is 0 Å². The molecule has 104 valence electrons. The van der Waals surface area contributed by atoms with Gasteiger partial charge in [0, 0.05) is 18.0 Å². The molecule has 1 aromatic rings. The zero-order valence-electron chi connectivity index (χ0n) is 11.0. The molecule has 2 aliphatic heterocycles. The summed E-state index contributed by atoms with van der Waals surface area (Å²) in [5.41, 5.74) is 5.61. The van der Waals surface area contributed by atoms with Crippen molar-refractivity contribution in [2.75, 3.05) is 13.1 Å². The molecule has 3 atom stereocenters. The number of amides is 1. The molecule has 1 unspecified atom stereocenters. The predicted octanol–water partition coefficient (Wildman–Crippen LogP) is 1.92. The quantitative estimate of drug-likeness (QED) is 0.920. The first kappa shape index (κ1) is 13.1.